The SMILES string of the molecule is CCCOCCc1cn(C(C)(C)C)nn1. The van der Waals surface area contributed by atoms with Crippen LogP contribution in [0.3, 0.4) is 0 Å². The van der Waals surface area contributed by atoms with Crippen LogP contribution in [0.5, 0.6) is 0 Å². The Morgan fingerprint density at radius 1 is 1.33 bits per heavy atom. The normalized spacial score (nSPS) is 12.0. The molecular weight excluding hydrogens is 190 g/mol. The average Bonchev–Trinajstić information content (AvgIpc) is 2.60. The Morgan fingerprint density at radius 3 is 2.60 bits per heavy atom. The van der Waals surface area contributed by atoms with E-state index in [2.05, 4.69) is 38.0 Å². The number of rotatable bonds is 5. The molecule has 0 radical (unpaired) electrons. The molecule has 0 saturated heterocycles. The van der Waals surface area contributed by atoms with E-state index in [4.69, 9.17) is 4.74 Å². The van der Waals surface area contributed by atoms with Gasteiger partial charge in [-0.3, -0.25) is 0 Å². The standard InChI is InChI=1S/C11H21N3O/c1-5-7-15-8-6-10-9-14(13-12-10)11(2,3)4/h9H,5-8H2,1-4H3. The van der Waals surface area contributed by atoms with Crippen LogP contribution in [0.1, 0.15) is 39.8 Å². The van der Waals surface area contributed by atoms with Crippen LogP contribution < -0.4 is 0 Å². The van der Waals surface area contributed by atoms with E-state index in [1.54, 1.807) is 0 Å². The summed E-state index contributed by atoms with van der Waals surface area (Å²) < 4.78 is 7.30. The lowest BCUT2D eigenvalue weighted by molar-refractivity contribution is 0.137. The third kappa shape index (κ3) is 4.00. The second-order valence-corrected chi connectivity index (χ2v) is 4.69. The summed E-state index contributed by atoms with van der Waals surface area (Å²) in [7, 11) is 0. The molecule has 0 N–H and O–H groups in total. The molecule has 0 spiro atoms. The van der Waals surface area contributed by atoms with E-state index in [9.17, 15) is 0 Å². The number of ether oxygens (including phenoxy) is 1. The van der Waals surface area contributed by atoms with Crippen molar-refractivity contribution in [3.05, 3.63) is 11.9 Å². The molecule has 0 atom stereocenters. The minimum absolute atomic E-state index is 0.00945. The van der Waals surface area contributed by atoms with E-state index < -0.39 is 0 Å². The van der Waals surface area contributed by atoms with Crippen LogP contribution in [-0.4, -0.2) is 28.2 Å². The van der Waals surface area contributed by atoms with E-state index in [-0.39, 0.29) is 5.54 Å². The van der Waals surface area contributed by atoms with Gasteiger partial charge in [0.1, 0.15) is 0 Å². The zero-order valence-corrected chi connectivity index (χ0v) is 10.2. The van der Waals surface area contributed by atoms with Crippen molar-refractivity contribution in [1.82, 2.24) is 15.0 Å². The molecule has 0 aromatic carbocycles. The number of hydrogen-bond acceptors (Lipinski definition) is 3. The fourth-order valence-corrected chi connectivity index (χ4v) is 1.16. The first-order valence-electron chi connectivity index (χ1n) is 5.53. The van der Waals surface area contributed by atoms with Crippen molar-refractivity contribution < 1.29 is 4.74 Å². The maximum Gasteiger partial charge on any atom is 0.0850 e. The van der Waals surface area contributed by atoms with Crippen LogP contribution in [0, 0.1) is 0 Å². The Morgan fingerprint density at radius 2 is 2.07 bits per heavy atom. The molecule has 4 heteroatoms. The van der Waals surface area contributed by atoms with E-state index in [1.807, 2.05) is 10.9 Å². The van der Waals surface area contributed by atoms with Gasteiger partial charge in [-0.05, 0) is 27.2 Å². The van der Waals surface area contributed by atoms with Crippen molar-refractivity contribution in [3.63, 3.8) is 0 Å². The predicted molar refractivity (Wildman–Crippen MR) is 59.8 cm³/mol. The Bertz CT molecular complexity index is 288. The monoisotopic (exact) mass is 211 g/mol. The highest BCUT2D eigenvalue weighted by Crippen LogP contribution is 2.11. The predicted octanol–water partition coefficient (Wildman–Crippen LogP) is 2.00. The summed E-state index contributed by atoms with van der Waals surface area (Å²) >= 11 is 0. The summed E-state index contributed by atoms with van der Waals surface area (Å²) in [6, 6.07) is 0. The molecule has 0 aliphatic carbocycles. The molecule has 0 amide bonds. The number of aromatic nitrogens is 3. The van der Waals surface area contributed by atoms with Gasteiger partial charge in [0.25, 0.3) is 0 Å². The average molecular weight is 211 g/mol. The maximum atomic E-state index is 5.40. The Hall–Kier alpha value is -0.900. The van der Waals surface area contributed by atoms with Crippen molar-refractivity contribution >= 4 is 0 Å². The summed E-state index contributed by atoms with van der Waals surface area (Å²) in [6.45, 7) is 10.00. The molecule has 0 saturated carbocycles. The summed E-state index contributed by atoms with van der Waals surface area (Å²) in [4.78, 5) is 0. The molecule has 1 aromatic heterocycles. The largest absolute Gasteiger partial charge is 0.381 e. The van der Waals surface area contributed by atoms with Gasteiger partial charge in [0.05, 0.1) is 17.8 Å². The quantitative estimate of drug-likeness (QED) is 0.699. The molecule has 0 aliphatic heterocycles. The highest BCUT2D eigenvalue weighted by atomic mass is 16.5. The second kappa shape index (κ2) is 5.26. The van der Waals surface area contributed by atoms with Crippen molar-refractivity contribution in [1.29, 1.82) is 0 Å². The lowest BCUT2D eigenvalue weighted by atomic mass is 10.1. The van der Waals surface area contributed by atoms with E-state index in [0.717, 1.165) is 31.7 Å². The Kier molecular flexibility index (Phi) is 4.27. The first kappa shape index (κ1) is 12.2. The van der Waals surface area contributed by atoms with E-state index >= 15 is 0 Å². The molecule has 0 bridgehead atoms. The van der Waals surface area contributed by atoms with E-state index in [0.29, 0.717) is 0 Å². The van der Waals surface area contributed by atoms with Gasteiger partial charge in [0.15, 0.2) is 0 Å². The van der Waals surface area contributed by atoms with Crippen molar-refractivity contribution in [2.45, 2.75) is 46.1 Å². The minimum Gasteiger partial charge on any atom is -0.381 e. The van der Waals surface area contributed by atoms with Gasteiger partial charge in [0.2, 0.25) is 0 Å². The molecule has 0 unspecified atom stereocenters. The molecule has 1 rings (SSSR count). The first-order valence-corrected chi connectivity index (χ1v) is 5.53. The molecule has 0 fully saturated rings. The van der Waals surface area contributed by atoms with Crippen LogP contribution in [0.4, 0.5) is 0 Å². The van der Waals surface area contributed by atoms with Crippen molar-refractivity contribution in [3.8, 4) is 0 Å². The second-order valence-electron chi connectivity index (χ2n) is 4.69. The molecular formula is C11H21N3O. The molecule has 0 aliphatic rings. The smallest absolute Gasteiger partial charge is 0.0850 e. The Balaban J connectivity index is 2.40. The van der Waals surface area contributed by atoms with Crippen LogP contribution in [0.25, 0.3) is 0 Å². The topological polar surface area (TPSA) is 39.9 Å². The maximum absolute atomic E-state index is 5.40. The van der Waals surface area contributed by atoms with Gasteiger partial charge < -0.3 is 4.74 Å². The summed E-state index contributed by atoms with van der Waals surface area (Å²) in [5.41, 5.74) is 1.01. The summed E-state index contributed by atoms with van der Waals surface area (Å²) in [5.74, 6) is 0. The number of nitrogens with zero attached hydrogens (tertiary/aromatic N) is 3. The minimum atomic E-state index is 0.00945. The van der Waals surface area contributed by atoms with Crippen LogP contribution in [0.2, 0.25) is 0 Å². The van der Waals surface area contributed by atoms with Crippen molar-refractivity contribution in [2.24, 2.45) is 0 Å². The van der Waals surface area contributed by atoms with Crippen LogP contribution in [-0.2, 0) is 16.7 Å². The zero-order valence-electron chi connectivity index (χ0n) is 10.2. The molecule has 86 valence electrons. The molecule has 15 heavy (non-hydrogen) atoms. The Labute approximate surface area is 91.6 Å². The molecule has 4 nitrogen and oxygen atoms in total. The lowest BCUT2D eigenvalue weighted by Crippen LogP contribution is -2.22. The third-order valence-electron chi connectivity index (χ3n) is 2.08. The molecule has 1 aromatic rings. The van der Waals surface area contributed by atoms with Gasteiger partial charge in [-0.2, -0.15) is 0 Å². The van der Waals surface area contributed by atoms with Gasteiger partial charge in [-0.15, -0.1) is 5.10 Å². The molecule has 1 heterocycles. The highest BCUT2D eigenvalue weighted by Gasteiger charge is 2.14. The van der Waals surface area contributed by atoms with Crippen LogP contribution >= 0.6 is 0 Å². The van der Waals surface area contributed by atoms with Gasteiger partial charge in [0, 0.05) is 19.2 Å². The number of hydrogen-bond donors (Lipinski definition) is 0. The van der Waals surface area contributed by atoms with E-state index in [1.165, 1.54) is 0 Å². The lowest BCUT2D eigenvalue weighted by Gasteiger charge is -2.17. The zero-order chi connectivity index (χ0) is 11.3. The fourth-order valence-electron chi connectivity index (χ4n) is 1.16. The summed E-state index contributed by atoms with van der Waals surface area (Å²) in [6.07, 6.45) is 3.90. The van der Waals surface area contributed by atoms with Gasteiger partial charge in [-0.1, -0.05) is 12.1 Å². The highest BCUT2D eigenvalue weighted by molar-refractivity contribution is 4.94. The van der Waals surface area contributed by atoms with Crippen LogP contribution in [0.15, 0.2) is 6.20 Å². The van der Waals surface area contributed by atoms with Gasteiger partial charge >= 0.3 is 0 Å². The first-order chi connectivity index (χ1) is 7.04. The van der Waals surface area contributed by atoms with Gasteiger partial charge in [-0.25, -0.2) is 4.68 Å². The van der Waals surface area contributed by atoms with Crippen molar-refractivity contribution in [2.75, 3.05) is 13.2 Å². The third-order valence-corrected chi connectivity index (χ3v) is 2.08. The summed E-state index contributed by atoms with van der Waals surface area (Å²) in [5, 5.41) is 8.21. The fraction of sp³-hybridized carbons (Fsp3) is 0.818.